The van der Waals surface area contributed by atoms with Gasteiger partial charge in [-0.3, -0.25) is 9.59 Å². The molecule has 2 atom stereocenters. The zero-order chi connectivity index (χ0) is 16.8. The number of hydrogen-bond donors (Lipinski definition) is 1. The highest BCUT2D eigenvalue weighted by Crippen LogP contribution is 2.44. The van der Waals surface area contributed by atoms with Crippen molar-refractivity contribution in [1.82, 2.24) is 4.90 Å². The third-order valence-electron chi connectivity index (χ3n) is 4.58. The van der Waals surface area contributed by atoms with Crippen LogP contribution in [0, 0.1) is 0 Å². The SMILES string of the molecule is CN1C(=O)c2ccccc2[C@H](C(=O)O)[C@H]1c1ccc2c(c1)OCO2. The standard InChI is InChI=1S/C18H15NO5/c1-19-16(10-6-7-13-14(8-10)24-9-23-13)15(18(21)22)11-4-2-3-5-12(11)17(19)20/h2-8,15-16H,9H2,1H3,(H,21,22)/t15-,16+/m0/s1. The number of carbonyl (C=O) groups is 2. The van der Waals surface area contributed by atoms with Crippen LogP contribution in [0.4, 0.5) is 0 Å². The minimum absolute atomic E-state index is 0.142. The predicted molar refractivity (Wildman–Crippen MR) is 84.2 cm³/mol. The minimum atomic E-state index is -0.968. The lowest BCUT2D eigenvalue weighted by Gasteiger charge is -2.38. The van der Waals surface area contributed by atoms with Gasteiger partial charge in [0.2, 0.25) is 6.79 Å². The molecule has 2 aliphatic rings. The largest absolute Gasteiger partial charge is 0.481 e. The number of carboxylic acid groups (broad SMARTS) is 1. The van der Waals surface area contributed by atoms with E-state index in [1.807, 2.05) is 0 Å². The molecular weight excluding hydrogens is 310 g/mol. The molecule has 0 radical (unpaired) electrons. The first kappa shape index (κ1) is 14.6. The van der Waals surface area contributed by atoms with E-state index in [0.29, 0.717) is 28.2 Å². The Hall–Kier alpha value is -3.02. The van der Waals surface area contributed by atoms with E-state index in [0.717, 1.165) is 0 Å². The highest BCUT2D eigenvalue weighted by atomic mass is 16.7. The highest BCUT2D eigenvalue weighted by molar-refractivity contribution is 6.00. The summed E-state index contributed by atoms with van der Waals surface area (Å²) in [6.45, 7) is 0.142. The molecular formula is C18H15NO5. The van der Waals surface area contributed by atoms with E-state index < -0.39 is 17.9 Å². The second-order valence-electron chi connectivity index (χ2n) is 5.88. The van der Waals surface area contributed by atoms with Crippen LogP contribution in [0.5, 0.6) is 11.5 Å². The molecule has 24 heavy (non-hydrogen) atoms. The predicted octanol–water partition coefficient (Wildman–Crippen LogP) is 2.41. The summed E-state index contributed by atoms with van der Waals surface area (Å²) < 4.78 is 10.7. The molecule has 2 aliphatic heterocycles. The molecule has 0 aromatic heterocycles. The number of carboxylic acids is 1. The van der Waals surface area contributed by atoms with Gasteiger partial charge in [-0.25, -0.2) is 0 Å². The smallest absolute Gasteiger partial charge is 0.313 e. The van der Waals surface area contributed by atoms with Crippen LogP contribution in [0.25, 0.3) is 0 Å². The summed E-state index contributed by atoms with van der Waals surface area (Å²) in [7, 11) is 1.63. The van der Waals surface area contributed by atoms with Crippen LogP contribution in [0.3, 0.4) is 0 Å². The van der Waals surface area contributed by atoms with Gasteiger partial charge in [-0.2, -0.15) is 0 Å². The van der Waals surface area contributed by atoms with E-state index in [1.165, 1.54) is 4.90 Å². The topological polar surface area (TPSA) is 76.1 Å². The molecule has 0 fully saturated rings. The molecule has 0 saturated heterocycles. The third kappa shape index (κ3) is 2.03. The summed E-state index contributed by atoms with van der Waals surface area (Å²) >= 11 is 0. The Kier molecular flexibility index (Phi) is 3.19. The molecule has 0 aliphatic carbocycles. The van der Waals surface area contributed by atoms with Crippen LogP contribution < -0.4 is 9.47 Å². The van der Waals surface area contributed by atoms with Crippen molar-refractivity contribution in [2.45, 2.75) is 12.0 Å². The van der Waals surface area contributed by atoms with Gasteiger partial charge in [0.1, 0.15) is 5.92 Å². The van der Waals surface area contributed by atoms with Crippen molar-refractivity contribution >= 4 is 11.9 Å². The second-order valence-corrected chi connectivity index (χ2v) is 5.88. The quantitative estimate of drug-likeness (QED) is 0.917. The van der Waals surface area contributed by atoms with Gasteiger partial charge in [-0.05, 0) is 29.3 Å². The summed E-state index contributed by atoms with van der Waals surface area (Å²) in [5, 5.41) is 9.82. The third-order valence-corrected chi connectivity index (χ3v) is 4.58. The molecule has 6 heteroatoms. The first-order valence-electron chi connectivity index (χ1n) is 7.56. The molecule has 1 amide bonds. The van der Waals surface area contributed by atoms with Gasteiger partial charge >= 0.3 is 5.97 Å². The number of rotatable bonds is 2. The first-order valence-corrected chi connectivity index (χ1v) is 7.56. The van der Waals surface area contributed by atoms with Gasteiger partial charge in [0.15, 0.2) is 11.5 Å². The number of aliphatic carboxylic acids is 1. The fraction of sp³-hybridized carbons (Fsp3) is 0.222. The summed E-state index contributed by atoms with van der Waals surface area (Å²) in [4.78, 5) is 26.2. The number of benzene rings is 2. The maximum absolute atomic E-state index is 12.7. The number of amides is 1. The molecule has 2 heterocycles. The van der Waals surface area contributed by atoms with E-state index in [1.54, 1.807) is 49.5 Å². The lowest BCUT2D eigenvalue weighted by atomic mass is 9.80. The van der Waals surface area contributed by atoms with E-state index in [-0.39, 0.29) is 12.7 Å². The lowest BCUT2D eigenvalue weighted by Crippen LogP contribution is -2.42. The number of hydrogen-bond acceptors (Lipinski definition) is 4. The van der Waals surface area contributed by atoms with E-state index >= 15 is 0 Å². The minimum Gasteiger partial charge on any atom is -0.481 e. The van der Waals surface area contributed by atoms with Crippen molar-refractivity contribution in [2.24, 2.45) is 0 Å². The highest BCUT2D eigenvalue weighted by Gasteiger charge is 2.43. The molecule has 0 saturated carbocycles. The van der Waals surface area contributed by atoms with Crippen molar-refractivity contribution in [2.75, 3.05) is 13.8 Å². The average molecular weight is 325 g/mol. The van der Waals surface area contributed by atoms with Gasteiger partial charge in [-0.15, -0.1) is 0 Å². The van der Waals surface area contributed by atoms with Gasteiger partial charge in [0.05, 0.1) is 6.04 Å². The summed E-state index contributed by atoms with van der Waals surface area (Å²) in [5.41, 5.74) is 1.68. The molecule has 0 bridgehead atoms. The Balaban J connectivity index is 1.87. The van der Waals surface area contributed by atoms with Crippen LogP contribution in [0.2, 0.25) is 0 Å². The zero-order valence-corrected chi connectivity index (χ0v) is 12.9. The lowest BCUT2D eigenvalue weighted by molar-refractivity contribution is -0.140. The van der Waals surface area contributed by atoms with Crippen LogP contribution >= 0.6 is 0 Å². The van der Waals surface area contributed by atoms with E-state index in [4.69, 9.17) is 9.47 Å². The molecule has 0 unspecified atom stereocenters. The Bertz CT molecular complexity index is 847. The number of ether oxygens (including phenoxy) is 2. The fourth-order valence-electron chi connectivity index (χ4n) is 3.45. The summed E-state index contributed by atoms with van der Waals surface area (Å²) in [6, 6.07) is 11.5. The first-order chi connectivity index (χ1) is 11.6. The maximum Gasteiger partial charge on any atom is 0.313 e. The zero-order valence-electron chi connectivity index (χ0n) is 12.9. The van der Waals surface area contributed by atoms with Gasteiger partial charge in [0.25, 0.3) is 5.91 Å². The number of likely N-dealkylation sites (N-methyl/N-ethyl adjacent to an activating group) is 1. The van der Waals surface area contributed by atoms with E-state index in [2.05, 4.69) is 0 Å². The normalized spacial score (nSPS) is 21.5. The van der Waals surface area contributed by atoms with Crippen LogP contribution in [-0.4, -0.2) is 35.7 Å². The van der Waals surface area contributed by atoms with Crippen LogP contribution in [0.1, 0.15) is 33.4 Å². The fourth-order valence-corrected chi connectivity index (χ4v) is 3.45. The summed E-state index contributed by atoms with van der Waals surface area (Å²) in [6.07, 6.45) is 0. The number of nitrogens with zero attached hydrogens (tertiary/aromatic N) is 1. The van der Waals surface area contributed by atoms with E-state index in [9.17, 15) is 14.7 Å². The van der Waals surface area contributed by atoms with Gasteiger partial charge in [-0.1, -0.05) is 24.3 Å². The Labute approximate surface area is 138 Å². The second kappa shape index (κ2) is 5.26. The number of carbonyl (C=O) groups excluding carboxylic acids is 1. The average Bonchev–Trinajstić information content (AvgIpc) is 3.05. The van der Waals surface area contributed by atoms with Crippen molar-refractivity contribution in [3.05, 3.63) is 59.2 Å². The maximum atomic E-state index is 12.7. The molecule has 6 nitrogen and oxygen atoms in total. The monoisotopic (exact) mass is 325 g/mol. The van der Waals surface area contributed by atoms with Crippen LogP contribution in [0.15, 0.2) is 42.5 Å². The van der Waals surface area contributed by atoms with Gasteiger partial charge in [0, 0.05) is 12.6 Å². The molecule has 2 aromatic rings. The molecule has 4 rings (SSSR count). The molecule has 0 spiro atoms. The molecule has 1 N–H and O–H groups in total. The number of fused-ring (bicyclic) bond motifs is 2. The van der Waals surface area contributed by atoms with Crippen molar-refractivity contribution in [3.8, 4) is 11.5 Å². The summed E-state index contributed by atoms with van der Waals surface area (Å²) in [5.74, 6) is -0.813. The Morgan fingerprint density at radius 2 is 1.92 bits per heavy atom. The molecule has 122 valence electrons. The van der Waals surface area contributed by atoms with Gasteiger partial charge < -0.3 is 19.5 Å². The Morgan fingerprint density at radius 1 is 1.17 bits per heavy atom. The Morgan fingerprint density at radius 3 is 2.71 bits per heavy atom. The van der Waals surface area contributed by atoms with Crippen LogP contribution in [-0.2, 0) is 4.79 Å². The van der Waals surface area contributed by atoms with Crippen molar-refractivity contribution in [3.63, 3.8) is 0 Å². The van der Waals surface area contributed by atoms with Crippen molar-refractivity contribution in [1.29, 1.82) is 0 Å². The molecule has 2 aromatic carbocycles. The van der Waals surface area contributed by atoms with Crippen molar-refractivity contribution < 1.29 is 24.2 Å².